The topological polar surface area (TPSA) is 93.1 Å². The minimum atomic E-state index is -1.03. The first-order chi connectivity index (χ1) is 11.8. The van der Waals surface area contributed by atoms with Crippen LogP contribution in [0.5, 0.6) is 11.5 Å². The van der Waals surface area contributed by atoms with Gasteiger partial charge in [0.25, 0.3) is 0 Å². The summed E-state index contributed by atoms with van der Waals surface area (Å²) < 4.78 is 10.4. The number of ether oxygens (including phenoxy) is 2. The minimum absolute atomic E-state index is 0.353. The molecule has 2 N–H and O–H groups in total. The van der Waals surface area contributed by atoms with Gasteiger partial charge in [-0.25, -0.2) is 9.59 Å². The van der Waals surface area contributed by atoms with Gasteiger partial charge in [0.15, 0.2) is 13.2 Å². The fourth-order valence-corrected chi connectivity index (χ4v) is 2.40. The second kappa shape index (κ2) is 7.70. The van der Waals surface area contributed by atoms with Gasteiger partial charge in [0.1, 0.15) is 11.5 Å². The molecule has 0 unspecified atom stereocenters. The number of carbonyl (C=O) groups is 2. The zero-order valence-corrected chi connectivity index (χ0v) is 14.1. The van der Waals surface area contributed by atoms with Crippen LogP contribution in [0.1, 0.15) is 25.0 Å². The highest BCUT2D eigenvalue weighted by atomic mass is 16.5. The molecule has 0 heterocycles. The summed E-state index contributed by atoms with van der Waals surface area (Å²) in [6, 6.07) is 14.5. The highest BCUT2D eigenvalue weighted by molar-refractivity contribution is 5.68. The lowest BCUT2D eigenvalue weighted by Crippen LogP contribution is -2.19. The molecule has 6 heteroatoms. The maximum Gasteiger partial charge on any atom is 0.341 e. The molecule has 25 heavy (non-hydrogen) atoms. The molecular weight excluding hydrogens is 324 g/mol. The lowest BCUT2D eigenvalue weighted by Gasteiger charge is -2.26. The van der Waals surface area contributed by atoms with Crippen molar-refractivity contribution in [2.75, 3.05) is 13.2 Å². The van der Waals surface area contributed by atoms with Gasteiger partial charge in [-0.15, -0.1) is 0 Å². The fraction of sp³-hybridized carbons (Fsp3) is 0.263. The third-order valence-corrected chi connectivity index (χ3v) is 3.86. The van der Waals surface area contributed by atoms with E-state index in [2.05, 4.69) is 0 Å². The summed E-state index contributed by atoms with van der Waals surface area (Å²) in [6.45, 7) is 3.30. The van der Waals surface area contributed by atoms with E-state index in [0.717, 1.165) is 11.1 Å². The third-order valence-electron chi connectivity index (χ3n) is 3.86. The summed E-state index contributed by atoms with van der Waals surface area (Å²) in [5, 5.41) is 17.4. The molecule has 0 radical (unpaired) electrons. The normalized spacial score (nSPS) is 11.0. The van der Waals surface area contributed by atoms with Crippen molar-refractivity contribution in [3.05, 3.63) is 59.7 Å². The van der Waals surface area contributed by atoms with Gasteiger partial charge in [0.05, 0.1) is 0 Å². The molecule has 2 rings (SSSR count). The van der Waals surface area contributed by atoms with E-state index in [0.29, 0.717) is 11.5 Å². The summed E-state index contributed by atoms with van der Waals surface area (Å²) in [5.41, 5.74) is 1.62. The van der Waals surface area contributed by atoms with Gasteiger partial charge in [0, 0.05) is 5.41 Å². The van der Waals surface area contributed by atoms with E-state index in [-0.39, 0.29) is 18.6 Å². The van der Waals surface area contributed by atoms with Crippen LogP contribution in [0, 0.1) is 0 Å². The van der Waals surface area contributed by atoms with Crippen LogP contribution in [0.2, 0.25) is 0 Å². The van der Waals surface area contributed by atoms with E-state index in [9.17, 15) is 9.59 Å². The maximum atomic E-state index is 10.6. The van der Waals surface area contributed by atoms with Gasteiger partial charge in [-0.05, 0) is 35.4 Å². The second-order valence-electron chi connectivity index (χ2n) is 6.04. The Labute approximate surface area is 145 Å². The van der Waals surface area contributed by atoms with Gasteiger partial charge in [-0.2, -0.15) is 0 Å². The molecule has 0 saturated carbocycles. The van der Waals surface area contributed by atoms with Crippen LogP contribution in [0.3, 0.4) is 0 Å². The SMILES string of the molecule is CC(C)(c1ccc(OCC(=O)O)cc1)c1cccc(OCC(=O)O)c1. The van der Waals surface area contributed by atoms with Crippen molar-refractivity contribution in [2.45, 2.75) is 19.3 Å². The lowest BCUT2D eigenvalue weighted by molar-refractivity contribution is -0.140. The van der Waals surface area contributed by atoms with Crippen molar-refractivity contribution < 1.29 is 29.3 Å². The second-order valence-corrected chi connectivity index (χ2v) is 6.04. The average molecular weight is 344 g/mol. The Hall–Kier alpha value is -3.02. The maximum absolute atomic E-state index is 10.6. The third kappa shape index (κ3) is 4.97. The monoisotopic (exact) mass is 344 g/mol. The molecule has 0 aromatic heterocycles. The minimum Gasteiger partial charge on any atom is -0.482 e. The van der Waals surface area contributed by atoms with Crippen LogP contribution in [0.25, 0.3) is 0 Å². The number of hydrogen-bond acceptors (Lipinski definition) is 4. The van der Waals surface area contributed by atoms with E-state index >= 15 is 0 Å². The highest BCUT2D eigenvalue weighted by Gasteiger charge is 2.23. The number of carboxylic acids is 2. The molecule has 0 aliphatic rings. The molecular formula is C19H20O6. The summed E-state index contributed by atoms with van der Waals surface area (Å²) in [6.07, 6.45) is 0. The van der Waals surface area contributed by atoms with Crippen molar-refractivity contribution in [1.82, 2.24) is 0 Å². The molecule has 6 nitrogen and oxygen atoms in total. The number of rotatable bonds is 8. The predicted molar refractivity (Wildman–Crippen MR) is 91.3 cm³/mol. The molecule has 132 valence electrons. The average Bonchev–Trinajstić information content (AvgIpc) is 2.59. The molecule has 0 aliphatic heterocycles. The Kier molecular flexibility index (Phi) is 5.64. The first-order valence-corrected chi connectivity index (χ1v) is 7.69. The van der Waals surface area contributed by atoms with Gasteiger partial charge >= 0.3 is 11.9 Å². The quantitative estimate of drug-likeness (QED) is 0.765. The molecule has 0 atom stereocenters. The summed E-state index contributed by atoms with van der Waals surface area (Å²) in [4.78, 5) is 21.2. The molecule has 0 fully saturated rings. The molecule has 2 aromatic rings. The van der Waals surface area contributed by atoms with Crippen molar-refractivity contribution in [3.63, 3.8) is 0 Å². The van der Waals surface area contributed by atoms with Crippen LogP contribution >= 0.6 is 0 Å². The number of aliphatic carboxylic acids is 2. The Morgan fingerprint density at radius 2 is 1.40 bits per heavy atom. The van der Waals surface area contributed by atoms with E-state index in [4.69, 9.17) is 19.7 Å². The smallest absolute Gasteiger partial charge is 0.341 e. The van der Waals surface area contributed by atoms with Gasteiger partial charge in [0.2, 0.25) is 0 Å². The molecule has 2 aromatic carbocycles. The Morgan fingerprint density at radius 1 is 0.840 bits per heavy atom. The first kappa shape index (κ1) is 18.3. The van der Waals surface area contributed by atoms with Crippen molar-refractivity contribution in [3.8, 4) is 11.5 Å². The van der Waals surface area contributed by atoms with Gasteiger partial charge < -0.3 is 19.7 Å². The van der Waals surface area contributed by atoms with E-state index < -0.39 is 11.9 Å². The largest absolute Gasteiger partial charge is 0.482 e. The van der Waals surface area contributed by atoms with Crippen LogP contribution in [0.15, 0.2) is 48.5 Å². The molecule has 0 aliphatic carbocycles. The van der Waals surface area contributed by atoms with Gasteiger partial charge in [-0.3, -0.25) is 0 Å². The predicted octanol–water partition coefficient (Wildman–Crippen LogP) is 2.94. The van der Waals surface area contributed by atoms with Crippen LogP contribution in [0.4, 0.5) is 0 Å². The van der Waals surface area contributed by atoms with E-state index in [1.165, 1.54) is 0 Å². The van der Waals surface area contributed by atoms with E-state index in [1.807, 2.05) is 44.2 Å². The van der Waals surface area contributed by atoms with Crippen LogP contribution < -0.4 is 9.47 Å². The lowest BCUT2D eigenvalue weighted by atomic mass is 9.78. The molecule has 0 bridgehead atoms. The van der Waals surface area contributed by atoms with Crippen LogP contribution in [-0.2, 0) is 15.0 Å². The first-order valence-electron chi connectivity index (χ1n) is 7.69. The molecule has 0 amide bonds. The van der Waals surface area contributed by atoms with Gasteiger partial charge in [-0.1, -0.05) is 38.1 Å². The standard InChI is InChI=1S/C19H20O6/c1-19(2,13-6-8-15(9-7-13)24-11-17(20)21)14-4-3-5-16(10-14)25-12-18(22)23/h3-10H,11-12H2,1-2H3,(H,20,21)(H,22,23). The highest BCUT2D eigenvalue weighted by Crippen LogP contribution is 2.34. The Morgan fingerprint density at radius 3 is 1.96 bits per heavy atom. The molecule has 0 saturated heterocycles. The Bertz CT molecular complexity index is 749. The van der Waals surface area contributed by atoms with Crippen LogP contribution in [-0.4, -0.2) is 35.4 Å². The Balaban J connectivity index is 2.18. The van der Waals surface area contributed by atoms with Crippen molar-refractivity contribution in [2.24, 2.45) is 0 Å². The van der Waals surface area contributed by atoms with Crippen molar-refractivity contribution in [1.29, 1.82) is 0 Å². The number of hydrogen-bond donors (Lipinski definition) is 2. The number of benzene rings is 2. The summed E-state index contributed by atoms with van der Waals surface area (Å²) >= 11 is 0. The zero-order valence-electron chi connectivity index (χ0n) is 14.1. The number of carboxylic acid groups (broad SMARTS) is 2. The summed E-state index contributed by atoms with van der Waals surface area (Å²) in [5.74, 6) is -1.07. The molecule has 0 spiro atoms. The van der Waals surface area contributed by atoms with Crippen molar-refractivity contribution >= 4 is 11.9 Å². The zero-order chi connectivity index (χ0) is 18.4. The van der Waals surface area contributed by atoms with E-state index in [1.54, 1.807) is 18.2 Å². The summed E-state index contributed by atoms with van der Waals surface area (Å²) in [7, 11) is 0. The fourth-order valence-electron chi connectivity index (χ4n) is 2.40.